The van der Waals surface area contributed by atoms with Crippen LogP contribution in [0.3, 0.4) is 0 Å². The molecule has 13 heavy (non-hydrogen) atoms. The van der Waals surface area contributed by atoms with Gasteiger partial charge in [0.1, 0.15) is 0 Å². The van der Waals surface area contributed by atoms with Gasteiger partial charge in [0.05, 0.1) is 30.6 Å². The number of rotatable bonds is 2. The molecule has 2 N–H and O–H groups in total. The van der Waals surface area contributed by atoms with E-state index < -0.39 is 0 Å². The molecule has 1 aliphatic heterocycles. The molecule has 0 spiro atoms. The zero-order chi connectivity index (χ0) is 8.84. The van der Waals surface area contributed by atoms with E-state index in [0.29, 0.717) is 25.8 Å². The average molecular weight is 179 g/mol. The average Bonchev–Trinajstić information content (AvgIpc) is 2.76. The topological polar surface area (TPSA) is 53.1 Å². The standard InChI is InChI=1S/C9H13N3O/c10-3-9-7-4-13-5-8(7)11-12(9)6-1-2-6/h6H,1-5,10H2. The van der Waals surface area contributed by atoms with Gasteiger partial charge in [-0.1, -0.05) is 0 Å². The SMILES string of the molecule is NCc1c2c(nn1C1CC1)COC2. The van der Waals surface area contributed by atoms with Gasteiger partial charge in [-0.15, -0.1) is 0 Å². The third kappa shape index (κ3) is 1.02. The van der Waals surface area contributed by atoms with Crippen LogP contribution in [-0.4, -0.2) is 9.78 Å². The first kappa shape index (κ1) is 7.53. The Morgan fingerprint density at radius 1 is 1.46 bits per heavy atom. The fourth-order valence-electron chi connectivity index (χ4n) is 1.93. The zero-order valence-electron chi connectivity index (χ0n) is 7.49. The number of aromatic nitrogens is 2. The van der Waals surface area contributed by atoms with Crippen molar-refractivity contribution in [3.05, 3.63) is 17.0 Å². The van der Waals surface area contributed by atoms with Crippen LogP contribution < -0.4 is 5.73 Å². The molecule has 4 nitrogen and oxygen atoms in total. The van der Waals surface area contributed by atoms with Gasteiger partial charge in [-0.25, -0.2) is 0 Å². The summed E-state index contributed by atoms with van der Waals surface area (Å²) in [7, 11) is 0. The fraction of sp³-hybridized carbons (Fsp3) is 0.667. The van der Waals surface area contributed by atoms with Gasteiger partial charge in [0.2, 0.25) is 0 Å². The van der Waals surface area contributed by atoms with E-state index >= 15 is 0 Å². The van der Waals surface area contributed by atoms with Gasteiger partial charge in [-0.3, -0.25) is 4.68 Å². The summed E-state index contributed by atoms with van der Waals surface area (Å²) in [4.78, 5) is 0. The second-order valence-electron chi connectivity index (χ2n) is 3.74. The third-order valence-corrected chi connectivity index (χ3v) is 2.77. The maximum absolute atomic E-state index is 5.72. The van der Waals surface area contributed by atoms with E-state index in [1.54, 1.807) is 0 Å². The van der Waals surface area contributed by atoms with Crippen LogP contribution in [0.1, 0.15) is 35.8 Å². The fourth-order valence-corrected chi connectivity index (χ4v) is 1.93. The number of fused-ring (bicyclic) bond motifs is 1. The Morgan fingerprint density at radius 2 is 2.31 bits per heavy atom. The first-order valence-electron chi connectivity index (χ1n) is 4.77. The summed E-state index contributed by atoms with van der Waals surface area (Å²) in [6.07, 6.45) is 2.52. The molecule has 1 aromatic rings. The van der Waals surface area contributed by atoms with Crippen molar-refractivity contribution in [1.82, 2.24) is 9.78 Å². The van der Waals surface area contributed by atoms with Gasteiger partial charge >= 0.3 is 0 Å². The van der Waals surface area contributed by atoms with Crippen molar-refractivity contribution in [2.24, 2.45) is 5.73 Å². The van der Waals surface area contributed by atoms with E-state index in [2.05, 4.69) is 9.78 Å². The summed E-state index contributed by atoms with van der Waals surface area (Å²) in [5.74, 6) is 0. The van der Waals surface area contributed by atoms with E-state index in [4.69, 9.17) is 10.5 Å². The maximum atomic E-state index is 5.72. The molecule has 0 atom stereocenters. The van der Waals surface area contributed by atoms with Gasteiger partial charge < -0.3 is 10.5 Å². The zero-order valence-corrected chi connectivity index (χ0v) is 7.49. The summed E-state index contributed by atoms with van der Waals surface area (Å²) in [5.41, 5.74) is 9.26. The van der Waals surface area contributed by atoms with Crippen LogP contribution in [-0.2, 0) is 24.5 Å². The lowest BCUT2D eigenvalue weighted by Gasteiger charge is -2.04. The first-order valence-corrected chi connectivity index (χ1v) is 4.77. The van der Waals surface area contributed by atoms with Gasteiger partial charge in [0, 0.05) is 12.1 Å². The van der Waals surface area contributed by atoms with Gasteiger partial charge in [-0.05, 0) is 12.8 Å². The number of nitrogens with two attached hydrogens (primary N) is 1. The maximum Gasteiger partial charge on any atom is 0.0940 e. The van der Waals surface area contributed by atoms with E-state index in [1.807, 2.05) is 0 Å². The molecule has 3 rings (SSSR count). The van der Waals surface area contributed by atoms with E-state index in [-0.39, 0.29) is 0 Å². The minimum atomic E-state index is 0.586. The van der Waals surface area contributed by atoms with Crippen molar-refractivity contribution in [2.45, 2.75) is 38.6 Å². The lowest BCUT2D eigenvalue weighted by Crippen LogP contribution is -2.09. The summed E-state index contributed by atoms with van der Waals surface area (Å²) in [5, 5.41) is 4.54. The predicted octanol–water partition coefficient (Wildman–Crippen LogP) is 0.707. The van der Waals surface area contributed by atoms with Crippen LogP contribution in [0.25, 0.3) is 0 Å². The molecule has 70 valence electrons. The number of nitrogens with zero attached hydrogens (tertiary/aromatic N) is 2. The second kappa shape index (κ2) is 2.56. The van der Waals surface area contributed by atoms with Gasteiger partial charge in [0.25, 0.3) is 0 Å². The second-order valence-corrected chi connectivity index (χ2v) is 3.74. The highest BCUT2D eigenvalue weighted by Crippen LogP contribution is 2.37. The molecule has 0 amide bonds. The van der Waals surface area contributed by atoms with Crippen LogP contribution in [0.15, 0.2) is 0 Å². The lowest BCUT2D eigenvalue weighted by molar-refractivity contribution is 0.130. The van der Waals surface area contributed by atoms with E-state index in [0.717, 1.165) is 5.69 Å². The Kier molecular flexibility index (Phi) is 1.48. The molecule has 2 aliphatic rings. The quantitative estimate of drug-likeness (QED) is 0.727. The van der Waals surface area contributed by atoms with Crippen LogP contribution >= 0.6 is 0 Å². The van der Waals surface area contributed by atoms with E-state index in [9.17, 15) is 0 Å². The Bertz CT molecular complexity index is 341. The van der Waals surface area contributed by atoms with Crippen molar-refractivity contribution in [2.75, 3.05) is 0 Å². The van der Waals surface area contributed by atoms with Crippen LogP contribution in [0.4, 0.5) is 0 Å². The largest absolute Gasteiger partial charge is 0.370 e. The normalized spacial score (nSPS) is 20.7. The molecule has 1 saturated carbocycles. The lowest BCUT2D eigenvalue weighted by atomic mass is 10.2. The van der Waals surface area contributed by atoms with Gasteiger partial charge in [-0.2, -0.15) is 5.10 Å². The highest BCUT2D eigenvalue weighted by atomic mass is 16.5. The number of hydrogen-bond acceptors (Lipinski definition) is 3. The molecule has 0 bridgehead atoms. The van der Waals surface area contributed by atoms with Gasteiger partial charge in [0.15, 0.2) is 0 Å². The summed E-state index contributed by atoms with van der Waals surface area (Å²) in [6.45, 7) is 1.96. The Hall–Kier alpha value is -0.870. The molecule has 0 aromatic carbocycles. The molecular weight excluding hydrogens is 166 g/mol. The van der Waals surface area contributed by atoms with Crippen molar-refractivity contribution < 1.29 is 4.74 Å². The highest BCUT2D eigenvalue weighted by Gasteiger charge is 2.30. The molecule has 4 heteroatoms. The molecule has 0 radical (unpaired) electrons. The van der Waals surface area contributed by atoms with Crippen molar-refractivity contribution in [3.63, 3.8) is 0 Å². The summed E-state index contributed by atoms with van der Waals surface area (Å²) < 4.78 is 7.44. The highest BCUT2D eigenvalue weighted by molar-refractivity contribution is 5.28. The third-order valence-electron chi connectivity index (χ3n) is 2.77. The Morgan fingerprint density at radius 3 is 3.00 bits per heavy atom. The van der Waals surface area contributed by atoms with Crippen molar-refractivity contribution in [3.8, 4) is 0 Å². The van der Waals surface area contributed by atoms with Crippen LogP contribution in [0, 0.1) is 0 Å². The number of hydrogen-bond donors (Lipinski definition) is 1. The van der Waals surface area contributed by atoms with Crippen LogP contribution in [0.5, 0.6) is 0 Å². The molecule has 1 fully saturated rings. The van der Waals surface area contributed by atoms with Crippen LogP contribution in [0.2, 0.25) is 0 Å². The Labute approximate surface area is 76.7 Å². The molecule has 0 unspecified atom stereocenters. The smallest absolute Gasteiger partial charge is 0.0940 e. The summed E-state index contributed by atoms with van der Waals surface area (Å²) >= 11 is 0. The molecule has 2 heterocycles. The molecule has 1 aliphatic carbocycles. The predicted molar refractivity (Wildman–Crippen MR) is 46.9 cm³/mol. The summed E-state index contributed by atoms with van der Waals surface area (Å²) in [6, 6.07) is 0.629. The Balaban J connectivity index is 2.09. The van der Waals surface area contributed by atoms with Crippen molar-refractivity contribution in [1.29, 1.82) is 0 Å². The molecular formula is C9H13N3O. The molecule has 1 aromatic heterocycles. The number of ether oxygens (including phenoxy) is 1. The van der Waals surface area contributed by atoms with Crippen molar-refractivity contribution >= 4 is 0 Å². The minimum absolute atomic E-state index is 0.586. The molecule has 0 saturated heterocycles. The minimum Gasteiger partial charge on any atom is -0.370 e. The first-order chi connectivity index (χ1) is 6.40. The van der Waals surface area contributed by atoms with E-state index in [1.165, 1.54) is 24.1 Å². The monoisotopic (exact) mass is 179 g/mol.